The second-order valence-electron chi connectivity index (χ2n) is 6.26. The van der Waals surface area contributed by atoms with Gasteiger partial charge in [0.25, 0.3) is 0 Å². The highest BCUT2D eigenvalue weighted by molar-refractivity contribution is 7.25. The summed E-state index contributed by atoms with van der Waals surface area (Å²) in [6.07, 6.45) is 4.44. The summed E-state index contributed by atoms with van der Waals surface area (Å²) in [4.78, 5) is 0. The van der Waals surface area contributed by atoms with Crippen LogP contribution in [0.15, 0.2) is 84.9 Å². The van der Waals surface area contributed by atoms with E-state index >= 15 is 0 Å². The molecular formula is C24H16S. The van der Waals surface area contributed by atoms with Gasteiger partial charge in [-0.05, 0) is 40.1 Å². The average molecular weight is 336 g/mol. The molecule has 0 aliphatic heterocycles. The first kappa shape index (κ1) is 14.4. The predicted octanol–water partition coefficient (Wildman–Crippen LogP) is 7.38. The Morgan fingerprint density at radius 2 is 1.32 bits per heavy atom. The number of benzene rings is 4. The summed E-state index contributed by atoms with van der Waals surface area (Å²) in [7, 11) is 0. The van der Waals surface area contributed by atoms with Gasteiger partial charge in [0.15, 0.2) is 0 Å². The Morgan fingerprint density at radius 3 is 2.28 bits per heavy atom. The number of hydrogen-bond acceptors (Lipinski definition) is 1. The monoisotopic (exact) mass is 336 g/mol. The van der Waals surface area contributed by atoms with Crippen LogP contribution in [-0.4, -0.2) is 0 Å². The molecule has 25 heavy (non-hydrogen) atoms. The van der Waals surface area contributed by atoms with E-state index in [1.807, 2.05) is 11.3 Å². The summed E-state index contributed by atoms with van der Waals surface area (Å²) in [6.45, 7) is 0. The molecule has 1 aromatic heterocycles. The molecule has 0 N–H and O–H groups in total. The Kier molecular flexibility index (Phi) is 3.39. The van der Waals surface area contributed by atoms with Crippen LogP contribution in [0.2, 0.25) is 0 Å². The highest BCUT2D eigenvalue weighted by Gasteiger charge is 2.04. The molecule has 0 unspecified atom stereocenters. The first-order chi connectivity index (χ1) is 12.4. The van der Waals surface area contributed by atoms with Crippen LogP contribution in [0.1, 0.15) is 11.1 Å². The van der Waals surface area contributed by atoms with Crippen LogP contribution in [0.4, 0.5) is 0 Å². The van der Waals surface area contributed by atoms with Crippen molar-refractivity contribution in [2.45, 2.75) is 0 Å². The quantitative estimate of drug-likeness (QED) is 0.295. The first-order valence-electron chi connectivity index (χ1n) is 8.46. The molecule has 0 fully saturated rings. The second kappa shape index (κ2) is 5.87. The summed E-state index contributed by atoms with van der Waals surface area (Å²) >= 11 is 1.86. The Hall–Kier alpha value is -2.90. The van der Waals surface area contributed by atoms with E-state index in [0.717, 1.165) is 0 Å². The van der Waals surface area contributed by atoms with Gasteiger partial charge in [-0.3, -0.25) is 0 Å². The molecule has 0 aliphatic carbocycles. The minimum absolute atomic E-state index is 1.24. The predicted molar refractivity (Wildman–Crippen MR) is 112 cm³/mol. The van der Waals surface area contributed by atoms with Crippen molar-refractivity contribution in [2.75, 3.05) is 0 Å². The van der Waals surface area contributed by atoms with E-state index in [4.69, 9.17) is 0 Å². The van der Waals surface area contributed by atoms with E-state index in [1.54, 1.807) is 0 Å². The van der Waals surface area contributed by atoms with Crippen molar-refractivity contribution < 1.29 is 0 Å². The zero-order valence-corrected chi connectivity index (χ0v) is 14.5. The van der Waals surface area contributed by atoms with Gasteiger partial charge in [-0.2, -0.15) is 0 Å². The van der Waals surface area contributed by atoms with Crippen molar-refractivity contribution in [3.05, 3.63) is 96.1 Å². The first-order valence-corrected chi connectivity index (χ1v) is 9.27. The smallest absolute Gasteiger partial charge is 0.0355 e. The van der Waals surface area contributed by atoms with Crippen LogP contribution in [0.3, 0.4) is 0 Å². The van der Waals surface area contributed by atoms with Crippen molar-refractivity contribution in [2.24, 2.45) is 0 Å². The van der Waals surface area contributed by atoms with Crippen LogP contribution in [0.5, 0.6) is 0 Å². The van der Waals surface area contributed by atoms with Gasteiger partial charge >= 0.3 is 0 Å². The van der Waals surface area contributed by atoms with Crippen LogP contribution in [0, 0.1) is 0 Å². The SMILES string of the molecule is C(=C\c1cccc2ccccc12)/c1ccc2sc3ccccc3c2c1. The van der Waals surface area contributed by atoms with Crippen molar-refractivity contribution in [3.63, 3.8) is 0 Å². The Balaban J connectivity index is 1.61. The van der Waals surface area contributed by atoms with Gasteiger partial charge in [0.05, 0.1) is 0 Å². The lowest BCUT2D eigenvalue weighted by atomic mass is 10.0. The third kappa shape index (κ3) is 2.54. The average Bonchev–Trinajstić information content (AvgIpc) is 3.04. The molecule has 1 heteroatoms. The summed E-state index contributed by atoms with van der Waals surface area (Å²) in [5.41, 5.74) is 2.50. The maximum atomic E-state index is 2.30. The van der Waals surface area contributed by atoms with E-state index in [-0.39, 0.29) is 0 Å². The van der Waals surface area contributed by atoms with E-state index in [2.05, 4.69) is 97.1 Å². The van der Waals surface area contributed by atoms with Crippen molar-refractivity contribution in [1.82, 2.24) is 0 Å². The Labute approximate surface area is 150 Å². The highest BCUT2D eigenvalue weighted by atomic mass is 32.1. The van der Waals surface area contributed by atoms with E-state index < -0.39 is 0 Å². The molecule has 0 radical (unpaired) electrons. The van der Waals surface area contributed by atoms with E-state index in [1.165, 1.54) is 42.1 Å². The molecule has 5 rings (SSSR count). The van der Waals surface area contributed by atoms with Gasteiger partial charge in [-0.1, -0.05) is 78.9 Å². The topological polar surface area (TPSA) is 0 Å². The maximum absolute atomic E-state index is 2.30. The van der Waals surface area contributed by atoms with Crippen LogP contribution in [-0.2, 0) is 0 Å². The molecule has 0 nitrogen and oxygen atoms in total. The van der Waals surface area contributed by atoms with Crippen LogP contribution in [0.25, 0.3) is 43.1 Å². The van der Waals surface area contributed by atoms with Gasteiger partial charge in [-0.15, -0.1) is 11.3 Å². The zero-order valence-electron chi connectivity index (χ0n) is 13.6. The van der Waals surface area contributed by atoms with Crippen LogP contribution >= 0.6 is 11.3 Å². The lowest BCUT2D eigenvalue weighted by Crippen LogP contribution is -1.78. The van der Waals surface area contributed by atoms with E-state index in [9.17, 15) is 0 Å². The normalized spacial score (nSPS) is 11.8. The molecule has 0 amide bonds. The number of hydrogen-bond donors (Lipinski definition) is 0. The van der Waals surface area contributed by atoms with Gasteiger partial charge in [-0.25, -0.2) is 0 Å². The van der Waals surface area contributed by atoms with Gasteiger partial charge in [0, 0.05) is 20.2 Å². The summed E-state index contributed by atoms with van der Waals surface area (Å²) in [5.74, 6) is 0. The van der Waals surface area contributed by atoms with Crippen LogP contribution < -0.4 is 0 Å². The standard InChI is InChI=1S/C24H16S/c1-2-9-20-18(6-1)7-5-8-19(20)14-12-17-13-15-24-22(16-17)21-10-3-4-11-23(21)25-24/h1-16H/b14-12+. The van der Waals surface area contributed by atoms with Crippen molar-refractivity contribution in [3.8, 4) is 0 Å². The largest absolute Gasteiger partial charge is 0.135 e. The van der Waals surface area contributed by atoms with E-state index in [0.29, 0.717) is 0 Å². The Bertz CT molecular complexity index is 1240. The highest BCUT2D eigenvalue weighted by Crippen LogP contribution is 2.34. The number of thiophene rings is 1. The fraction of sp³-hybridized carbons (Fsp3) is 0. The number of rotatable bonds is 2. The van der Waals surface area contributed by atoms with Crippen molar-refractivity contribution in [1.29, 1.82) is 0 Å². The van der Waals surface area contributed by atoms with Gasteiger partial charge < -0.3 is 0 Å². The fourth-order valence-electron chi connectivity index (χ4n) is 3.43. The lowest BCUT2D eigenvalue weighted by molar-refractivity contribution is 1.71. The molecule has 4 aromatic carbocycles. The molecule has 118 valence electrons. The molecule has 1 heterocycles. The Morgan fingerprint density at radius 1 is 0.560 bits per heavy atom. The third-order valence-corrected chi connectivity index (χ3v) is 5.83. The third-order valence-electron chi connectivity index (χ3n) is 4.68. The molecule has 0 saturated carbocycles. The van der Waals surface area contributed by atoms with Crippen molar-refractivity contribution >= 4 is 54.4 Å². The fourth-order valence-corrected chi connectivity index (χ4v) is 4.52. The van der Waals surface area contributed by atoms with Gasteiger partial charge in [0.1, 0.15) is 0 Å². The number of fused-ring (bicyclic) bond motifs is 4. The molecule has 0 aliphatic rings. The molecule has 0 spiro atoms. The molecule has 0 atom stereocenters. The zero-order chi connectivity index (χ0) is 16.6. The summed E-state index contributed by atoms with van der Waals surface area (Å²) in [5, 5.41) is 5.27. The maximum Gasteiger partial charge on any atom is 0.0355 e. The minimum atomic E-state index is 1.24. The second-order valence-corrected chi connectivity index (χ2v) is 7.34. The minimum Gasteiger partial charge on any atom is -0.135 e. The van der Waals surface area contributed by atoms with Gasteiger partial charge in [0.2, 0.25) is 0 Å². The summed E-state index contributed by atoms with van der Waals surface area (Å²) in [6, 6.07) is 30.4. The lowest BCUT2D eigenvalue weighted by Gasteiger charge is -2.02. The molecule has 0 saturated heterocycles. The molecule has 0 bridgehead atoms. The summed E-state index contributed by atoms with van der Waals surface area (Å²) < 4.78 is 2.70. The molecule has 5 aromatic rings. The molecular weight excluding hydrogens is 320 g/mol.